The van der Waals surface area contributed by atoms with Crippen LogP contribution in [0.25, 0.3) is 22.3 Å². The highest BCUT2D eigenvalue weighted by Gasteiger charge is 2.30. The fourth-order valence-corrected chi connectivity index (χ4v) is 2.24. The Bertz CT molecular complexity index is 1010. The summed E-state index contributed by atoms with van der Waals surface area (Å²) < 4.78 is 38.3. The summed E-state index contributed by atoms with van der Waals surface area (Å²) in [6.45, 7) is 0. The van der Waals surface area contributed by atoms with Gasteiger partial charge in [-0.05, 0) is 12.1 Å². The Balaban J connectivity index is 2.26. The maximum Gasteiger partial charge on any atom is 0.416 e. The van der Waals surface area contributed by atoms with E-state index in [-0.39, 0.29) is 22.3 Å². The Morgan fingerprint density at radius 1 is 1.04 bits per heavy atom. The molecule has 1 heterocycles. The maximum atomic E-state index is 12.8. The van der Waals surface area contributed by atoms with Crippen LogP contribution >= 0.6 is 0 Å². The number of hydrogen-bond donors (Lipinski definition) is 4. The third-order valence-corrected chi connectivity index (χ3v) is 3.39. The van der Waals surface area contributed by atoms with Crippen LogP contribution in [0, 0.1) is 0 Å². The number of rotatable bonds is 1. The summed E-state index contributed by atoms with van der Waals surface area (Å²) in [5.74, 6) is -2.65. The van der Waals surface area contributed by atoms with Crippen LogP contribution < -0.4 is 5.56 Å². The molecule has 0 spiro atoms. The van der Waals surface area contributed by atoms with E-state index in [1.807, 2.05) is 0 Å². The normalized spacial score (nSPS) is 11.8. The van der Waals surface area contributed by atoms with Gasteiger partial charge in [0, 0.05) is 11.6 Å². The van der Waals surface area contributed by atoms with E-state index < -0.39 is 34.5 Å². The zero-order valence-electron chi connectivity index (χ0n) is 11.7. The molecule has 2 aromatic carbocycles. The average molecular weight is 338 g/mol. The molecule has 0 amide bonds. The van der Waals surface area contributed by atoms with Crippen molar-refractivity contribution in [2.24, 2.45) is 0 Å². The summed E-state index contributed by atoms with van der Waals surface area (Å²) in [7, 11) is 0. The lowest BCUT2D eigenvalue weighted by molar-refractivity contribution is -0.137. The van der Waals surface area contributed by atoms with E-state index in [1.54, 1.807) is 0 Å². The molecule has 3 rings (SSSR count). The summed E-state index contributed by atoms with van der Waals surface area (Å²) in [5, 5.41) is 28.3. The molecule has 124 valence electrons. The van der Waals surface area contributed by atoms with E-state index in [4.69, 9.17) is 0 Å². The Morgan fingerprint density at radius 2 is 1.75 bits per heavy atom. The van der Waals surface area contributed by atoms with Gasteiger partial charge < -0.3 is 20.3 Å². The molecule has 6 nitrogen and oxygen atoms in total. The second-order valence-corrected chi connectivity index (χ2v) is 4.98. The smallest absolute Gasteiger partial charge is 0.416 e. The van der Waals surface area contributed by atoms with Crippen molar-refractivity contribution in [2.75, 3.05) is 0 Å². The molecule has 0 radical (unpaired) electrons. The number of nitrogens with zero attached hydrogens (tertiary/aromatic N) is 1. The third kappa shape index (κ3) is 2.49. The Labute approximate surface area is 131 Å². The van der Waals surface area contributed by atoms with Crippen molar-refractivity contribution in [1.29, 1.82) is 0 Å². The van der Waals surface area contributed by atoms with Crippen LogP contribution in [0.5, 0.6) is 17.2 Å². The van der Waals surface area contributed by atoms with Crippen LogP contribution in [-0.2, 0) is 6.18 Å². The monoisotopic (exact) mass is 338 g/mol. The quantitative estimate of drug-likeness (QED) is 0.511. The predicted octanol–water partition coefficient (Wildman–Crippen LogP) is 2.73. The summed E-state index contributed by atoms with van der Waals surface area (Å²) in [6, 6.07) is 5.09. The number of benzene rings is 2. The molecule has 0 bridgehead atoms. The number of hydrogen-bond acceptors (Lipinski definition) is 5. The van der Waals surface area contributed by atoms with Crippen molar-refractivity contribution in [2.45, 2.75) is 6.18 Å². The van der Waals surface area contributed by atoms with Gasteiger partial charge in [0.05, 0.1) is 11.1 Å². The highest BCUT2D eigenvalue weighted by atomic mass is 19.4. The van der Waals surface area contributed by atoms with Crippen molar-refractivity contribution in [3.05, 3.63) is 46.2 Å². The summed E-state index contributed by atoms with van der Waals surface area (Å²) in [5.41, 5.74) is -1.98. The fraction of sp³-hybridized carbons (Fsp3) is 0.0667. The molecule has 24 heavy (non-hydrogen) atoms. The van der Waals surface area contributed by atoms with E-state index in [9.17, 15) is 33.3 Å². The first kappa shape index (κ1) is 15.7. The standard InChI is InChI=1S/C15H9F3N2O4/c16-15(17,18)7-3-1-2-6(4-7)13-19-8-5-9(21)11(22)12(23)10(8)14(24)20-13/h1-5,21-23H,(H,19,20,24). The molecular formula is C15H9F3N2O4. The second-order valence-electron chi connectivity index (χ2n) is 4.98. The minimum Gasteiger partial charge on any atom is -0.504 e. The van der Waals surface area contributed by atoms with E-state index in [2.05, 4.69) is 9.97 Å². The highest BCUT2D eigenvalue weighted by molar-refractivity contribution is 5.89. The van der Waals surface area contributed by atoms with Crippen molar-refractivity contribution in [3.8, 4) is 28.6 Å². The molecule has 3 aromatic rings. The molecule has 0 atom stereocenters. The van der Waals surface area contributed by atoms with Gasteiger partial charge in [0.1, 0.15) is 11.2 Å². The number of H-pyrrole nitrogens is 1. The number of phenols is 3. The number of aromatic amines is 1. The van der Waals surface area contributed by atoms with Gasteiger partial charge in [0.15, 0.2) is 11.5 Å². The largest absolute Gasteiger partial charge is 0.504 e. The number of aromatic nitrogens is 2. The molecule has 0 aliphatic rings. The Hall–Kier alpha value is -3.23. The number of alkyl halides is 3. The first-order valence-electron chi connectivity index (χ1n) is 6.54. The predicted molar refractivity (Wildman–Crippen MR) is 77.8 cm³/mol. The van der Waals surface area contributed by atoms with E-state index in [0.717, 1.165) is 24.3 Å². The molecule has 1 aromatic heterocycles. The summed E-state index contributed by atoms with van der Waals surface area (Å²) in [6.07, 6.45) is -4.56. The number of aromatic hydroxyl groups is 3. The zero-order chi connectivity index (χ0) is 17.6. The van der Waals surface area contributed by atoms with Crippen LogP contribution in [0.15, 0.2) is 35.1 Å². The number of halogens is 3. The van der Waals surface area contributed by atoms with Gasteiger partial charge in [0.2, 0.25) is 5.75 Å². The minimum atomic E-state index is -4.56. The molecule has 0 saturated heterocycles. The van der Waals surface area contributed by atoms with Gasteiger partial charge in [-0.2, -0.15) is 13.2 Å². The number of phenolic OH excluding ortho intramolecular Hbond substituents is 3. The van der Waals surface area contributed by atoms with Crippen molar-refractivity contribution >= 4 is 10.9 Å². The van der Waals surface area contributed by atoms with Gasteiger partial charge in [-0.1, -0.05) is 12.1 Å². The Kier molecular flexibility index (Phi) is 3.36. The molecule has 0 saturated carbocycles. The van der Waals surface area contributed by atoms with Gasteiger partial charge in [-0.15, -0.1) is 0 Å². The lowest BCUT2D eigenvalue weighted by Crippen LogP contribution is -2.10. The fourth-order valence-electron chi connectivity index (χ4n) is 2.24. The first-order chi connectivity index (χ1) is 11.2. The third-order valence-electron chi connectivity index (χ3n) is 3.39. The molecule has 4 N–H and O–H groups in total. The van der Waals surface area contributed by atoms with E-state index >= 15 is 0 Å². The van der Waals surface area contributed by atoms with Crippen LogP contribution in [0.3, 0.4) is 0 Å². The first-order valence-corrected chi connectivity index (χ1v) is 6.54. The van der Waals surface area contributed by atoms with Gasteiger partial charge in [-0.3, -0.25) is 4.79 Å². The van der Waals surface area contributed by atoms with Crippen LogP contribution in [0.1, 0.15) is 5.56 Å². The van der Waals surface area contributed by atoms with Crippen molar-refractivity contribution in [1.82, 2.24) is 9.97 Å². The lowest BCUT2D eigenvalue weighted by Gasteiger charge is -2.09. The van der Waals surface area contributed by atoms with E-state index in [0.29, 0.717) is 0 Å². The van der Waals surface area contributed by atoms with Crippen molar-refractivity contribution < 1.29 is 28.5 Å². The lowest BCUT2D eigenvalue weighted by atomic mass is 10.1. The second kappa shape index (κ2) is 5.15. The summed E-state index contributed by atoms with van der Waals surface area (Å²) in [4.78, 5) is 18.3. The molecular weight excluding hydrogens is 329 g/mol. The van der Waals surface area contributed by atoms with Crippen LogP contribution in [0.4, 0.5) is 13.2 Å². The number of fused-ring (bicyclic) bond motifs is 1. The topological polar surface area (TPSA) is 106 Å². The molecule has 0 aliphatic carbocycles. The van der Waals surface area contributed by atoms with Crippen LogP contribution in [0.2, 0.25) is 0 Å². The summed E-state index contributed by atoms with van der Waals surface area (Å²) >= 11 is 0. The molecule has 0 aliphatic heterocycles. The van der Waals surface area contributed by atoms with Gasteiger partial charge in [-0.25, -0.2) is 4.98 Å². The molecule has 9 heteroatoms. The molecule has 0 unspecified atom stereocenters. The Morgan fingerprint density at radius 3 is 2.42 bits per heavy atom. The highest BCUT2D eigenvalue weighted by Crippen LogP contribution is 2.39. The zero-order valence-corrected chi connectivity index (χ0v) is 11.7. The maximum absolute atomic E-state index is 12.8. The minimum absolute atomic E-state index is 0.00382. The van der Waals surface area contributed by atoms with Crippen LogP contribution in [-0.4, -0.2) is 25.3 Å². The SMILES string of the molecule is O=c1[nH]c(-c2cccc(C(F)(F)F)c2)nc2cc(O)c(O)c(O)c12. The average Bonchev–Trinajstić information content (AvgIpc) is 2.51. The van der Waals surface area contributed by atoms with E-state index in [1.165, 1.54) is 6.07 Å². The van der Waals surface area contributed by atoms with Gasteiger partial charge in [0.25, 0.3) is 5.56 Å². The van der Waals surface area contributed by atoms with Gasteiger partial charge >= 0.3 is 6.18 Å². The number of nitrogens with one attached hydrogen (secondary N) is 1. The van der Waals surface area contributed by atoms with Crippen molar-refractivity contribution in [3.63, 3.8) is 0 Å². The molecule has 0 fully saturated rings.